The summed E-state index contributed by atoms with van der Waals surface area (Å²) < 4.78 is 12.5. The zero-order chi connectivity index (χ0) is 15.6. The van der Waals surface area contributed by atoms with Crippen LogP contribution in [0.15, 0.2) is 24.3 Å². The zero-order valence-corrected chi connectivity index (χ0v) is 13.7. The van der Waals surface area contributed by atoms with Gasteiger partial charge in [-0.25, -0.2) is 0 Å². The Labute approximate surface area is 132 Å². The first-order valence-corrected chi connectivity index (χ1v) is 8.60. The molecule has 2 saturated carbocycles. The van der Waals surface area contributed by atoms with Crippen LogP contribution in [0.4, 0.5) is 0 Å². The van der Waals surface area contributed by atoms with Gasteiger partial charge in [-0.05, 0) is 36.7 Å². The molecule has 0 amide bonds. The molecule has 0 aromatic heterocycles. The van der Waals surface area contributed by atoms with Crippen LogP contribution in [0.5, 0.6) is 0 Å². The minimum atomic E-state index is -0.460. The molecule has 4 fully saturated rings. The molecule has 0 radical (unpaired) electrons. The van der Waals surface area contributed by atoms with Crippen LogP contribution in [0.2, 0.25) is 0 Å². The molecule has 5 atom stereocenters. The van der Waals surface area contributed by atoms with Gasteiger partial charge >= 0.3 is 0 Å². The standard InChI is InChI=1S/C19H26O3/c1-4-19-16(13-5-7-15(20)11-13)8-6-14-12-18(21-3,22-19)10-9-17(14,19)2/h4,8,13-14H,1,5-7,9-12H2,2-3H3/t13?,14-,17+,18?,19-/m1/s1. The molecule has 2 heterocycles. The molecule has 0 aromatic rings. The lowest BCUT2D eigenvalue weighted by Gasteiger charge is -2.67. The Hall–Kier alpha value is -0.930. The third-order valence-corrected chi connectivity index (χ3v) is 7.08. The fraction of sp³-hybridized carbons (Fsp3) is 0.737. The normalized spacial score (nSPS) is 50.1. The lowest BCUT2D eigenvalue weighted by Crippen LogP contribution is -2.69. The molecule has 3 nitrogen and oxygen atoms in total. The number of rotatable bonds is 3. The second-order valence-corrected chi connectivity index (χ2v) is 7.85. The van der Waals surface area contributed by atoms with Crippen molar-refractivity contribution < 1.29 is 14.3 Å². The maximum Gasteiger partial charge on any atom is 0.169 e. The van der Waals surface area contributed by atoms with E-state index in [0.717, 1.165) is 32.1 Å². The van der Waals surface area contributed by atoms with Gasteiger partial charge < -0.3 is 9.47 Å². The third-order valence-electron chi connectivity index (χ3n) is 7.08. The minimum absolute atomic E-state index is 0.0880. The van der Waals surface area contributed by atoms with E-state index < -0.39 is 11.4 Å². The van der Waals surface area contributed by atoms with Crippen LogP contribution in [0.1, 0.15) is 51.9 Å². The number of methoxy groups -OCH3 is 1. The van der Waals surface area contributed by atoms with Crippen LogP contribution >= 0.6 is 0 Å². The zero-order valence-electron chi connectivity index (χ0n) is 13.7. The highest BCUT2D eigenvalue weighted by Gasteiger charge is 2.68. The first-order chi connectivity index (χ1) is 10.5. The summed E-state index contributed by atoms with van der Waals surface area (Å²) in [6.45, 7) is 6.52. The van der Waals surface area contributed by atoms with Gasteiger partial charge in [0.15, 0.2) is 5.79 Å². The van der Waals surface area contributed by atoms with Crippen LogP contribution in [-0.2, 0) is 14.3 Å². The largest absolute Gasteiger partial charge is 0.353 e. The maximum absolute atomic E-state index is 11.8. The minimum Gasteiger partial charge on any atom is -0.353 e. The van der Waals surface area contributed by atoms with Crippen LogP contribution in [0, 0.1) is 17.3 Å². The average molecular weight is 302 g/mol. The molecule has 22 heavy (non-hydrogen) atoms. The Morgan fingerprint density at radius 3 is 2.91 bits per heavy atom. The molecule has 0 aromatic carbocycles. The van der Waals surface area contributed by atoms with Gasteiger partial charge in [-0.15, -0.1) is 0 Å². The van der Waals surface area contributed by atoms with Crippen molar-refractivity contribution in [3.8, 4) is 0 Å². The van der Waals surface area contributed by atoms with Crippen molar-refractivity contribution in [2.45, 2.75) is 63.3 Å². The van der Waals surface area contributed by atoms with Crippen LogP contribution < -0.4 is 0 Å². The molecule has 2 aliphatic heterocycles. The van der Waals surface area contributed by atoms with E-state index in [9.17, 15) is 4.79 Å². The first kappa shape index (κ1) is 14.6. The summed E-state index contributed by atoms with van der Waals surface area (Å²) in [5.74, 6) is 0.837. The number of fused-ring (bicyclic) bond motifs is 1. The van der Waals surface area contributed by atoms with E-state index in [1.54, 1.807) is 7.11 Å². The Morgan fingerprint density at radius 1 is 1.45 bits per heavy atom. The van der Waals surface area contributed by atoms with E-state index in [1.807, 2.05) is 6.08 Å². The SMILES string of the molecule is C=C[C@]12OC3(OC)CC[C@@]1(C)[C@H](CC=C2C1CCC(=O)C1)C3. The van der Waals surface area contributed by atoms with Crippen molar-refractivity contribution in [3.63, 3.8) is 0 Å². The molecule has 0 N–H and O–H groups in total. The highest BCUT2D eigenvalue weighted by Crippen LogP contribution is 2.67. The van der Waals surface area contributed by atoms with Crippen LogP contribution in [0.25, 0.3) is 0 Å². The first-order valence-electron chi connectivity index (χ1n) is 8.60. The quantitative estimate of drug-likeness (QED) is 0.744. The molecule has 5 rings (SSSR count). The molecular weight excluding hydrogens is 276 g/mol. The number of carbonyl (C=O) groups excluding carboxylic acids is 1. The number of ketones is 1. The molecular formula is C19H26O3. The number of carbonyl (C=O) groups is 1. The van der Waals surface area contributed by atoms with Crippen molar-refractivity contribution in [1.82, 2.24) is 0 Å². The monoisotopic (exact) mass is 302 g/mol. The fourth-order valence-corrected chi connectivity index (χ4v) is 5.67. The van der Waals surface area contributed by atoms with Crippen molar-refractivity contribution in [2.24, 2.45) is 17.3 Å². The number of ether oxygens (including phenoxy) is 2. The Bertz CT molecular complexity index is 565. The van der Waals surface area contributed by atoms with Gasteiger partial charge in [-0.1, -0.05) is 25.7 Å². The Kier molecular flexibility index (Phi) is 3.03. The topological polar surface area (TPSA) is 35.5 Å². The highest BCUT2D eigenvalue weighted by atomic mass is 16.7. The van der Waals surface area contributed by atoms with Crippen LogP contribution in [0.3, 0.4) is 0 Å². The summed E-state index contributed by atoms with van der Waals surface area (Å²) in [6, 6.07) is 0. The van der Waals surface area contributed by atoms with E-state index >= 15 is 0 Å². The van der Waals surface area contributed by atoms with Crippen molar-refractivity contribution in [1.29, 1.82) is 0 Å². The van der Waals surface area contributed by atoms with E-state index in [4.69, 9.17) is 9.47 Å². The van der Waals surface area contributed by atoms with Gasteiger partial charge in [-0.3, -0.25) is 4.79 Å². The number of hydrogen-bond acceptors (Lipinski definition) is 3. The van der Waals surface area contributed by atoms with Crippen molar-refractivity contribution >= 4 is 5.78 Å². The van der Waals surface area contributed by atoms with Gasteiger partial charge in [0.05, 0.1) is 0 Å². The van der Waals surface area contributed by atoms with Crippen molar-refractivity contribution in [2.75, 3.05) is 7.11 Å². The van der Waals surface area contributed by atoms with Gasteiger partial charge in [0, 0.05) is 38.2 Å². The molecule has 2 saturated heterocycles. The molecule has 0 spiro atoms. The molecule has 5 aliphatic rings. The predicted octanol–water partition coefficient (Wildman–Crippen LogP) is 3.79. The predicted molar refractivity (Wildman–Crippen MR) is 84.2 cm³/mol. The lowest BCUT2D eigenvalue weighted by molar-refractivity contribution is -0.366. The van der Waals surface area contributed by atoms with Gasteiger partial charge in [0.2, 0.25) is 0 Å². The summed E-state index contributed by atoms with van der Waals surface area (Å²) >= 11 is 0. The smallest absolute Gasteiger partial charge is 0.169 e. The number of hydrogen-bond donors (Lipinski definition) is 0. The lowest BCUT2D eigenvalue weighted by atomic mass is 9.48. The second-order valence-electron chi connectivity index (χ2n) is 7.85. The molecule has 4 bridgehead atoms. The van der Waals surface area contributed by atoms with Crippen molar-refractivity contribution in [3.05, 3.63) is 24.3 Å². The van der Waals surface area contributed by atoms with E-state index in [1.165, 1.54) is 5.57 Å². The third kappa shape index (κ3) is 1.62. The molecule has 3 aliphatic carbocycles. The van der Waals surface area contributed by atoms with E-state index in [2.05, 4.69) is 19.6 Å². The van der Waals surface area contributed by atoms with E-state index in [0.29, 0.717) is 30.5 Å². The van der Waals surface area contributed by atoms with Gasteiger partial charge in [0.1, 0.15) is 11.4 Å². The number of allylic oxidation sites excluding steroid dienone is 1. The fourth-order valence-electron chi connectivity index (χ4n) is 5.67. The summed E-state index contributed by atoms with van der Waals surface area (Å²) in [6.07, 6.45) is 10.9. The Balaban J connectivity index is 1.82. The summed E-state index contributed by atoms with van der Waals surface area (Å²) in [5.41, 5.74) is 0.954. The second kappa shape index (κ2) is 4.55. The molecule has 3 heteroatoms. The molecule has 120 valence electrons. The maximum atomic E-state index is 11.8. The van der Waals surface area contributed by atoms with Gasteiger partial charge in [-0.2, -0.15) is 0 Å². The highest BCUT2D eigenvalue weighted by molar-refractivity contribution is 5.81. The number of Topliss-reactive ketones (excluding diaryl/α,β-unsaturated/α-hetero) is 1. The summed E-state index contributed by atoms with van der Waals surface area (Å²) in [5, 5.41) is 0. The Morgan fingerprint density at radius 2 is 2.27 bits per heavy atom. The summed E-state index contributed by atoms with van der Waals surface area (Å²) in [7, 11) is 1.77. The average Bonchev–Trinajstić information content (AvgIpc) is 2.93. The van der Waals surface area contributed by atoms with Gasteiger partial charge in [0.25, 0.3) is 0 Å². The van der Waals surface area contributed by atoms with E-state index in [-0.39, 0.29) is 5.41 Å². The molecule has 2 unspecified atom stereocenters. The summed E-state index contributed by atoms with van der Waals surface area (Å²) in [4.78, 5) is 11.8. The van der Waals surface area contributed by atoms with Crippen LogP contribution in [-0.4, -0.2) is 24.3 Å².